The first-order valence-electron chi connectivity index (χ1n) is 6.87. The second-order valence-corrected chi connectivity index (χ2v) is 5.24. The largest absolute Gasteiger partial charge is 0.497 e. The smallest absolute Gasteiger partial charge is 0.119 e. The van der Waals surface area contributed by atoms with E-state index in [9.17, 15) is 0 Å². The first-order chi connectivity index (χ1) is 9.13. The minimum Gasteiger partial charge on any atom is -0.497 e. The van der Waals surface area contributed by atoms with Gasteiger partial charge in [0.1, 0.15) is 5.75 Å². The molecule has 1 saturated heterocycles. The zero-order chi connectivity index (χ0) is 13.8. The Bertz CT molecular complexity index is 401. The number of methoxy groups -OCH3 is 1. The van der Waals surface area contributed by atoms with Gasteiger partial charge in [0, 0.05) is 25.7 Å². The molecule has 1 fully saturated rings. The summed E-state index contributed by atoms with van der Waals surface area (Å²) in [6, 6.07) is 8.39. The van der Waals surface area contributed by atoms with Gasteiger partial charge in [0.2, 0.25) is 0 Å². The van der Waals surface area contributed by atoms with E-state index in [1.807, 2.05) is 12.1 Å². The lowest BCUT2D eigenvalue weighted by Crippen LogP contribution is -2.48. The van der Waals surface area contributed by atoms with E-state index in [4.69, 9.17) is 15.2 Å². The van der Waals surface area contributed by atoms with Crippen LogP contribution >= 0.6 is 0 Å². The Kier molecular flexibility index (Phi) is 4.80. The maximum Gasteiger partial charge on any atom is 0.119 e. The molecule has 1 aromatic rings. The summed E-state index contributed by atoms with van der Waals surface area (Å²) in [6.45, 7) is 6.67. The number of rotatable bonds is 4. The molecule has 0 saturated carbocycles. The van der Waals surface area contributed by atoms with Crippen molar-refractivity contribution >= 4 is 0 Å². The molecule has 0 radical (unpaired) electrons. The van der Waals surface area contributed by atoms with Crippen LogP contribution < -0.4 is 10.5 Å². The molecule has 2 rings (SSSR count). The summed E-state index contributed by atoms with van der Waals surface area (Å²) in [7, 11) is 1.69. The molecule has 0 amide bonds. The van der Waals surface area contributed by atoms with E-state index >= 15 is 0 Å². The summed E-state index contributed by atoms with van der Waals surface area (Å²) in [5.74, 6) is 0.880. The van der Waals surface area contributed by atoms with Crippen LogP contribution in [0.1, 0.15) is 25.5 Å². The molecule has 0 spiro atoms. The number of nitrogens with zero attached hydrogens (tertiary/aromatic N) is 1. The normalized spacial score (nSPS) is 26.1. The van der Waals surface area contributed by atoms with E-state index in [0.717, 1.165) is 18.8 Å². The van der Waals surface area contributed by atoms with Crippen LogP contribution in [0.2, 0.25) is 0 Å². The summed E-state index contributed by atoms with van der Waals surface area (Å²) in [5.41, 5.74) is 7.21. The number of ether oxygens (including phenoxy) is 2. The van der Waals surface area contributed by atoms with Crippen molar-refractivity contribution in [2.75, 3.05) is 26.7 Å². The Labute approximate surface area is 115 Å². The molecule has 2 N–H and O–H groups in total. The van der Waals surface area contributed by atoms with Crippen LogP contribution in [-0.4, -0.2) is 43.9 Å². The van der Waals surface area contributed by atoms with Gasteiger partial charge < -0.3 is 15.2 Å². The molecule has 4 heteroatoms. The number of hydrogen-bond donors (Lipinski definition) is 1. The SMILES string of the molecule is COc1cccc([C@@H](CN)N2C[C@H](C)O[C@@H](C)C2)c1. The molecule has 0 bridgehead atoms. The van der Waals surface area contributed by atoms with E-state index < -0.39 is 0 Å². The standard InChI is InChI=1S/C15H24N2O2/c1-11-9-17(10-12(2)19-11)15(8-16)13-5-4-6-14(7-13)18-3/h4-7,11-12,15H,8-10,16H2,1-3H3/t11-,12-,15+/m0/s1. The van der Waals surface area contributed by atoms with Crippen LogP contribution in [0.3, 0.4) is 0 Å². The van der Waals surface area contributed by atoms with E-state index in [0.29, 0.717) is 6.54 Å². The monoisotopic (exact) mass is 264 g/mol. The molecule has 1 heterocycles. The Morgan fingerprint density at radius 3 is 2.63 bits per heavy atom. The third-order valence-electron chi connectivity index (χ3n) is 3.59. The van der Waals surface area contributed by atoms with Crippen molar-refractivity contribution in [2.24, 2.45) is 5.73 Å². The van der Waals surface area contributed by atoms with Gasteiger partial charge in [-0.05, 0) is 31.5 Å². The maximum atomic E-state index is 5.99. The van der Waals surface area contributed by atoms with Crippen molar-refractivity contribution in [3.8, 4) is 5.75 Å². The topological polar surface area (TPSA) is 47.7 Å². The molecule has 0 aromatic heterocycles. The van der Waals surface area contributed by atoms with Crippen molar-refractivity contribution in [3.63, 3.8) is 0 Å². The van der Waals surface area contributed by atoms with Crippen molar-refractivity contribution in [1.82, 2.24) is 4.90 Å². The molecule has 3 atom stereocenters. The van der Waals surface area contributed by atoms with E-state index in [1.54, 1.807) is 7.11 Å². The number of morpholine rings is 1. The zero-order valence-corrected chi connectivity index (χ0v) is 12.0. The lowest BCUT2D eigenvalue weighted by molar-refractivity contribution is -0.0799. The minimum atomic E-state index is 0.226. The van der Waals surface area contributed by atoms with Crippen LogP contribution in [0, 0.1) is 0 Å². The minimum absolute atomic E-state index is 0.226. The van der Waals surface area contributed by atoms with Crippen LogP contribution in [0.5, 0.6) is 5.75 Å². The molecule has 4 nitrogen and oxygen atoms in total. The van der Waals surface area contributed by atoms with Gasteiger partial charge in [-0.15, -0.1) is 0 Å². The third kappa shape index (κ3) is 3.47. The van der Waals surface area contributed by atoms with E-state index in [-0.39, 0.29) is 18.2 Å². The molecule has 1 aliphatic rings. The molecule has 1 aliphatic heterocycles. The highest BCUT2D eigenvalue weighted by molar-refractivity contribution is 5.30. The molecule has 106 valence electrons. The van der Waals surface area contributed by atoms with Gasteiger partial charge in [0.05, 0.1) is 19.3 Å². The van der Waals surface area contributed by atoms with Crippen molar-refractivity contribution < 1.29 is 9.47 Å². The average molecular weight is 264 g/mol. The van der Waals surface area contributed by atoms with Crippen molar-refractivity contribution in [1.29, 1.82) is 0 Å². The second-order valence-electron chi connectivity index (χ2n) is 5.24. The van der Waals surface area contributed by atoms with Crippen LogP contribution in [0.4, 0.5) is 0 Å². The summed E-state index contributed by atoms with van der Waals surface area (Å²) in [6.07, 6.45) is 0.506. The van der Waals surface area contributed by atoms with E-state index in [2.05, 4.69) is 30.9 Å². The number of benzene rings is 1. The second kappa shape index (κ2) is 6.37. The van der Waals surface area contributed by atoms with Crippen molar-refractivity contribution in [2.45, 2.75) is 32.1 Å². The predicted molar refractivity (Wildman–Crippen MR) is 76.4 cm³/mol. The molecule has 0 aliphatic carbocycles. The van der Waals surface area contributed by atoms with Crippen molar-refractivity contribution in [3.05, 3.63) is 29.8 Å². The maximum absolute atomic E-state index is 5.99. The fourth-order valence-corrected chi connectivity index (χ4v) is 2.82. The Hall–Kier alpha value is -1.10. The summed E-state index contributed by atoms with van der Waals surface area (Å²) < 4.78 is 11.1. The molecular formula is C15H24N2O2. The molecule has 0 unspecified atom stereocenters. The van der Waals surface area contributed by atoms with Gasteiger partial charge in [0.25, 0.3) is 0 Å². The third-order valence-corrected chi connectivity index (χ3v) is 3.59. The quantitative estimate of drug-likeness (QED) is 0.901. The van der Waals surface area contributed by atoms with Crippen LogP contribution in [0.15, 0.2) is 24.3 Å². The lowest BCUT2D eigenvalue weighted by atomic mass is 10.0. The summed E-state index contributed by atoms with van der Waals surface area (Å²) in [4.78, 5) is 2.41. The van der Waals surface area contributed by atoms with Gasteiger partial charge in [-0.1, -0.05) is 12.1 Å². The van der Waals surface area contributed by atoms with Gasteiger partial charge in [-0.2, -0.15) is 0 Å². The first kappa shape index (κ1) is 14.3. The number of hydrogen-bond acceptors (Lipinski definition) is 4. The Morgan fingerprint density at radius 1 is 1.37 bits per heavy atom. The fourth-order valence-electron chi connectivity index (χ4n) is 2.82. The van der Waals surface area contributed by atoms with Crippen LogP contribution in [0.25, 0.3) is 0 Å². The average Bonchev–Trinajstić information content (AvgIpc) is 2.39. The lowest BCUT2D eigenvalue weighted by Gasteiger charge is -2.40. The molecule has 19 heavy (non-hydrogen) atoms. The van der Waals surface area contributed by atoms with E-state index in [1.165, 1.54) is 5.56 Å². The highest BCUT2D eigenvalue weighted by atomic mass is 16.5. The van der Waals surface area contributed by atoms with Gasteiger partial charge in [0.15, 0.2) is 0 Å². The highest BCUT2D eigenvalue weighted by Crippen LogP contribution is 2.26. The Balaban J connectivity index is 2.18. The van der Waals surface area contributed by atoms with Crippen LogP contribution in [-0.2, 0) is 4.74 Å². The fraction of sp³-hybridized carbons (Fsp3) is 0.600. The summed E-state index contributed by atoms with van der Waals surface area (Å²) >= 11 is 0. The molecular weight excluding hydrogens is 240 g/mol. The Morgan fingerprint density at radius 2 is 2.05 bits per heavy atom. The van der Waals surface area contributed by atoms with Gasteiger partial charge in [-0.25, -0.2) is 0 Å². The van der Waals surface area contributed by atoms with Gasteiger partial charge in [-0.3, -0.25) is 4.90 Å². The summed E-state index contributed by atoms with van der Waals surface area (Å²) in [5, 5.41) is 0. The first-order valence-corrected chi connectivity index (χ1v) is 6.87. The van der Waals surface area contributed by atoms with Gasteiger partial charge >= 0.3 is 0 Å². The number of nitrogens with two attached hydrogens (primary N) is 1. The molecule has 1 aromatic carbocycles. The predicted octanol–water partition coefficient (Wildman–Crippen LogP) is 1.80. The zero-order valence-electron chi connectivity index (χ0n) is 12.0. The highest BCUT2D eigenvalue weighted by Gasteiger charge is 2.28.